The average Bonchev–Trinajstić information content (AvgIpc) is 3.19. The quantitative estimate of drug-likeness (QED) is 0.494. The Morgan fingerprint density at radius 2 is 1.76 bits per heavy atom. The summed E-state index contributed by atoms with van der Waals surface area (Å²) < 4.78 is 13.4. The van der Waals surface area contributed by atoms with Crippen LogP contribution in [0, 0.1) is 0 Å². The molecule has 0 bridgehead atoms. The van der Waals surface area contributed by atoms with Gasteiger partial charge in [0.15, 0.2) is 0 Å². The molecule has 1 aromatic heterocycles. The van der Waals surface area contributed by atoms with Crippen molar-refractivity contribution < 1.29 is 14.3 Å². The summed E-state index contributed by atoms with van der Waals surface area (Å²) in [6.45, 7) is 3.08. The average molecular weight is 470 g/mol. The lowest BCUT2D eigenvalue weighted by atomic mass is 9.88. The number of ether oxygens (including phenoxy) is 2. The van der Waals surface area contributed by atoms with Gasteiger partial charge in [0.05, 0.1) is 25.3 Å². The van der Waals surface area contributed by atoms with Crippen LogP contribution in [0.2, 0.25) is 5.02 Å². The van der Waals surface area contributed by atoms with Crippen molar-refractivity contribution in [2.45, 2.75) is 25.3 Å². The van der Waals surface area contributed by atoms with E-state index in [-0.39, 0.29) is 5.91 Å². The van der Waals surface area contributed by atoms with E-state index in [1.54, 1.807) is 14.2 Å². The van der Waals surface area contributed by atoms with E-state index >= 15 is 0 Å². The number of nitrogens with zero attached hydrogens (tertiary/aromatic N) is 3. The maximum absolute atomic E-state index is 13.6. The first-order chi connectivity index (χ1) is 15.9. The minimum Gasteiger partial charge on any atom is -0.496 e. The fourth-order valence-electron chi connectivity index (χ4n) is 4.75. The zero-order valence-electron chi connectivity index (χ0n) is 19.8. The highest BCUT2D eigenvalue weighted by atomic mass is 35.5. The van der Waals surface area contributed by atoms with E-state index < -0.39 is 0 Å². The minimum absolute atomic E-state index is 0.0800. The molecule has 0 aliphatic carbocycles. The van der Waals surface area contributed by atoms with Crippen LogP contribution in [0.1, 0.15) is 34.7 Å². The van der Waals surface area contributed by atoms with Crippen LogP contribution in [0.25, 0.3) is 10.9 Å². The van der Waals surface area contributed by atoms with Crippen molar-refractivity contribution >= 4 is 28.4 Å². The van der Waals surface area contributed by atoms with Crippen LogP contribution in [0.3, 0.4) is 0 Å². The molecule has 3 aromatic rings. The van der Waals surface area contributed by atoms with Crippen molar-refractivity contribution in [3.05, 3.63) is 58.7 Å². The second-order valence-corrected chi connectivity index (χ2v) is 9.28. The van der Waals surface area contributed by atoms with E-state index in [2.05, 4.69) is 9.47 Å². The summed E-state index contributed by atoms with van der Waals surface area (Å²) in [5.74, 6) is 2.07. The Balaban J connectivity index is 1.55. The number of aromatic nitrogens is 1. The third-order valence-electron chi connectivity index (χ3n) is 6.52. The summed E-state index contributed by atoms with van der Waals surface area (Å²) >= 11 is 6.27. The lowest BCUT2D eigenvalue weighted by Crippen LogP contribution is -2.38. The summed E-state index contributed by atoms with van der Waals surface area (Å²) in [7, 11) is 7.47. The molecule has 2 heterocycles. The number of likely N-dealkylation sites (tertiary alicyclic amines) is 1. The Kier molecular flexibility index (Phi) is 7.15. The second-order valence-electron chi connectivity index (χ2n) is 8.84. The predicted molar refractivity (Wildman–Crippen MR) is 133 cm³/mol. The molecule has 1 amide bonds. The number of benzene rings is 2. The third kappa shape index (κ3) is 4.82. The molecule has 0 radical (unpaired) electrons. The van der Waals surface area contributed by atoms with Crippen molar-refractivity contribution in [3.63, 3.8) is 0 Å². The van der Waals surface area contributed by atoms with Gasteiger partial charge >= 0.3 is 0 Å². The number of halogens is 1. The van der Waals surface area contributed by atoms with Gasteiger partial charge in [0.25, 0.3) is 5.91 Å². The summed E-state index contributed by atoms with van der Waals surface area (Å²) in [4.78, 5) is 17.7. The van der Waals surface area contributed by atoms with Crippen LogP contribution in [0.15, 0.2) is 42.6 Å². The SMILES string of the molecule is COc1cccc(OC)c1C1CCN(C(=O)c2cn(CCN(C)C)c3cc(Cl)ccc23)CC1. The number of methoxy groups -OCH3 is 2. The first-order valence-electron chi connectivity index (χ1n) is 11.4. The smallest absolute Gasteiger partial charge is 0.256 e. The van der Waals surface area contributed by atoms with Gasteiger partial charge in [-0.2, -0.15) is 0 Å². The Labute approximate surface area is 200 Å². The van der Waals surface area contributed by atoms with E-state index in [1.165, 1.54) is 0 Å². The normalized spacial score (nSPS) is 14.8. The van der Waals surface area contributed by atoms with Gasteiger partial charge in [0.1, 0.15) is 11.5 Å². The van der Waals surface area contributed by atoms with E-state index in [1.807, 2.05) is 61.6 Å². The second kappa shape index (κ2) is 10.1. The molecule has 1 saturated heterocycles. The zero-order chi connectivity index (χ0) is 23.5. The standard InChI is InChI=1S/C26H32ClN3O3/c1-28(2)14-15-30-17-21(20-9-8-19(27)16-22(20)30)26(31)29-12-10-18(11-13-29)25-23(32-3)6-5-7-24(25)33-4/h5-9,16-18H,10-15H2,1-4H3. The monoisotopic (exact) mass is 469 g/mol. The molecular formula is C26H32ClN3O3. The molecule has 176 valence electrons. The summed E-state index contributed by atoms with van der Waals surface area (Å²) in [5, 5.41) is 1.63. The Hall–Kier alpha value is -2.70. The van der Waals surface area contributed by atoms with E-state index in [0.717, 1.165) is 59.5 Å². The molecular weight excluding hydrogens is 438 g/mol. The number of piperidine rings is 1. The number of rotatable bonds is 7. The first-order valence-corrected chi connectivity index (χ1v) is 11.7. The van der Waals surface area contributed by atoms with E-state index in [4.69, 9.17) is 21.1 Å². The summed E-state index contributed by atoms with van der Waals surface area (Å²) in [6.07, 6.45) is 3.73. The third-order valence-corrected chi connectivity index (χ3v) is 6.75. The van der Waals surface area contributed by atoms with Gasteiger partial charge in [0, 0.05) is 48.3 Å². The molecule has 4 rings (SSSR count). The van der Waals surface area contributed by atoms with Crippen molar-refractivity contribution in [1.82, 2.24) is 14.4 Å². The molecule has 0 atom stereocenters. The maximum Gasteiger partial charge on any atom is 0.256 e. The fraction of sp³-hybridized carbons (Fsp3) is 0.423. The molecule has 0 spiro atoms. The van der Waals surface area contributed by atoms with Crippen LogP contribution < -0.4 is 9.47 Å². The number of likely N-dealkylation sites (N-methyl/N-ethyl adjacent to an activating group) is 1. The van der Waals surface area contributed by atoms with Gasteiger partial charge in [-0.25, -0.2) is 0 Å². The number of fused-ring (bicyclic) bond motifs is 1. The fourth-order valence-corrected chi connectivity index (χ4v) is 4.92. The van der Waals surface area contributed by atoms with Crippen LogP contribution in [0.5, 0.6) is 11.5 Å². The molecule has 1 aliphatic rings. The van der Waals surface area contributed by atoms with Crippen LogP contribution in [-0.4, -0.2) is 68.2 Å². The van der Waals surface area contributed by atoms with Gasteiger partial charge in [0.2, 0.25) is 0 Å². The van der Waals surface area contributed by atoms with Crippen molar-refractivity contribution in [2.75, 3.05) is 47.9 Å². The molecule has 0 saturated carbocycles. The van der Waals surface area contributed by atoms with Crippen molar-refractivity contribution in [3.8, 4) is 11.5 Å². The van der Waals surface area contributed by atoms with E-state index in [9.17, 15) is 4.79 Å². The van der Waals surface area contributed by atoms with Gasteiger partial charge in [-0.3, -0.25) is 4.79 Å². The Morgan fingerprint density at radius 3 is 2.36 bits per heavy atom. The molecule has 1 aliphatic heterocycles. The van der Waals surface area contributed by atoms with Crippen molar-refractivity contribution in [1.29, 1.82) is 0 Å². The van der Waals surface area contributed by atoms with Gasteiger partial charge < -0.3 is 23.8 Å². The number of hydrogen-bond donors (Lipinski definition) is 0. The molecule has 0 unspecified atom stereocenters. The number of carbonyl (C=O) groups excluding carboxylic acids is 1. The van der Waals surface area contributed by atoms with E-state index in [0.29, 0.717) is 24.0 Å². The molecule has 6 nitrogen and oxygen atoms in total. The van der Waals surface area contributed by atoms with Gasteiger partial charge in [-0.05, 0) is 57.1 Å². The predicted octanol–water partition coefficient (Wildman–Crippen LogP) is 4.89. The molecule has 7 heteroatoms. The Morgan fingerprint density at radius 1 is 1.09 bits per heavy atom. The highest BCUT2D eigenvalue weighted by Gasteiger charge is 2.29. The number of carbonyl (C=O) groups is 1. The topological polar surface area (TPSA) is 46.9 Å². The highest BCUT2D eigenvalue weighted by Crippen LogP contribution is 2.40. The minimum atomic E-state index is 0.0800. The summed E-state index contributed by atoms with van der Waals surface area (Å²) in [5.41, 5.74) is 2.85. The largest absolute Gasteiger partial charge is 0.496 e. The maximum atomic E-state index is 13.6. The van der Waals surface area contributed by atoms with Crippen LogP contribution >= 0.6 is 11.6 Å². The number of hydrogen-bond acceptors (Lipinski definition) is 4. The molecule has 33 heavy (non-hydrogen) atoms. The molecule has 2 aromatic carbocycles. The van der Waals surface area contributed by atoms with Crippen molar-refractivity contribution in [2.24, 2.45) is 0 Å². The van der Waals surface area contributed by atoms with Gasteiger partial charge in [-0.1, -0.05) is 23.7 Å². The molecule has 0 N–H and O–H groups in total. The number of amides is 1. The molecule has 1 fully saturated rings. The van der Waals surface area contributed by atoms with Crippen LogP contribution in [-0.2, 0) is 6.54 Å². The summed E-state index contributed by atoms with van der Waals surface area (Å²) in [6, 6.07) is 11.7. The zero-order valence-corrected chi connectivity index (χ0v) is 20.6. The lowest BCUT2D eigenvalue weighted by molar-refractivity contribution is 0.0714. The lowest BCUT2D eigenvalue weighted by Gasteiger charge is -2.33. The van der Waals surface area contributed by atoms with Crippen LogP contribution in [0.4, 0.5) is 0 Å². The Bertz CT molecular complexity index is 1110. The first kappa shape index (κ1) is 23.5. The highest BCUT2D eigenvalue weighted by molar-refractivity contribution is 6.31. The van der Waals surface area contributed by atoms with Gasteiger partial charge in [-0.15, -0.1) is 0 Å².